The highest BCUT2D eigenvalue weighted by molar-refractivity contribution is 7.15. The van der Waals surface area contributed by atoms with Gasteiger partial charge in [0.05, 0.1) is 5.69 Å². The van der Waals surface area contributed by atoms with Crippen LogP contribution in [-0.4, -0.2) is 31.7 Å². The Hall–Kier alpha value is -3.03. The largest absolute Gasteiger partial charge is 0.306 e. The van der Waals surface area contributed by atoms with Crippen LogP contribution in [-0.2, 0) is 19.5 Å². The predicted molar refractivity (Wildman–Crippen MR) is 114 cm³/mol. The summed E-state index contributed by atoms with van der Waals surface area (Å²) in [7, 11) is 0. The van der Waals surface area contributed by atoms with Gasteiger partial charge in [0, 0.05) is 43.3 Å². The molecule has 0 aliphatic carbocycles. The fraction of sp³-hybridized carbons (Fsp3) is 0.227. The molecule has 0 spiro atoms. The van der Waals surface area contributed by atoms with Crippen molar-refractivity contribution >= 4 is 28.0 Å². The van der Waals surface area contributed by atoms with Crippen molar-refractivity contribution < 1.29 is 4.79 Å². The van der Waals surface area contributed by atoms with Crippen molar-refractivity contribution in [1.29, 1.82) is 0 Å². The molecule has 0 saturated heterocycles. The number of anilines is 1. The molecule has 1 aromatic carbocycles. The van der Waals surface area contributed by atoms with Crippen molar-refractivity contribution in [2.45, 2.75) is 26.4 Å². The number of aryl methyl sites for hydroxylation is 1. The van der Waals surface area contributed by atoms with Gasteiger partial charge in [0.25, 0.3) is 5.91 Å². The van der Waals surface area contributed by atoms with Crippen LogP contribution in [0, 0.1) is 6.92 Å². The summed E-state index contributed by atoms with van der Waals surface area (Å²) >= 11 is 1.56. The lowest BCUT2D eigenvalue weighted by Crippen LogP contribution is -2.29. The van der Waals surface area contributed by atoms with E-state index in [0.29, 0.717) is 10.8 Å². The molecule has 29 heavy (non-hydrogen) atoms. The van der Waals surface area contributed by atoms with Crippen LogP contribution in [0.4, 0.5) is 5.13 Å². The van der Waals surface area contributed by atoms with Gasteiger partial charge in [-0.05, 0) is 30.2 Å². The number of thiazole rings is 1. The lowest BCUT2D eigenvalue weighted by molar-refractivity contribution is 0.102. The number of carbonyl (C=O) groups is 1. The summed E-state index contributed by atoms with van der Waals surface area (Å²) in [4.78, 5) is 25.4. The normalized spacial score (nSPS) is 14.1. The Morgan fingerprint density at radius 1 is 1.21 bits per heavy atom. The zero-order valence-electron chi connectivity index (χ0n) is 16.1. The van der Waals surface area contributed by atoms with Gasteiger partial charge in [0.15, 0.2) is 5.13 Å². The Labute approximate surface area is 172 Å². The van der Waals surface area contributed by atoms with Crippen molar-refractivity contribution in [2.24, 2.45) is 0 Å². The zero-order valence-corrected chi connectivity index (χ0v) is 16.9. The highest BCUT2D eigenvalue weighted by Gasteiger charge is 2.22. The average Bonchev–Trinajstić information content (AvgIpc) is 3.31. The molecule has 0 bridgehead atoms. The molecule has 0 radical (unpaired) electrons. The van der Waals surface area contributed by atoms with E-state index in [0.717, 1.165) is 43.0 Å². The summed E-state index contributed by atoms with van der Waals surface area (Å²) in [6.45, 7) is 4.78. The third kappa shape index (κ3) is 3.79. The fourth-order valence-electron chi connectivity index (χ4n) is 3.63. The molecule has 0 unspecified atom stereocenters. The first kappa shape index (κ1) is 18.0. The molecule has 4 aromatic rings. The van der Waals surface area contributed by atoms with Crippen LogP contribution in [0.15, 0.2) is 54.9 Å². The second-order valence-corrected chi connectivity index (χ2v) is 8.47. The number of amides is 1. The third-order valence-electron chi connectivity index (χ3n) is 5.13. The number of imidazole rings is 1. The molecular weight excluding hydrogens is 382 g/mol. The van der Waals surface area contributed by atoms with Gasteiger partial charge in [-0.3, -0.25) is 15.0 Å². The Morgan fingerprint density at radius 3 is 2.93 bits per heavy atom. The predicted octanol–water partition coefficient (Wildman–Crippen LogP) is 3.91. The van der Waals surface area contributed by atoms with Crippen LogP contribution < -0.4 is 5.32 Å². The molecular formula is C22H21N5OS. The monoisotopic (exact) mass is 403 g/mol. The van der Waals surface area contributed by atoms with Crippen molar-refractivity contribution in [3.63, 3.8) is 0 Å². The molecule has 1 N–H and O–H groups in total. The highest BCUT2D eigenvalue weighted by Crippen LogP contribution is 2.29. The number of nitrogens with zero attached hydrogens (tertiary/aromatic N) is 4. The summed E-state index contributed by atoms with van der Waals surface area (Å²) in [6.07, 6.45) is 4.57. The van der Waals surface area contributed by atoms with Crippen molar-refractivity contribution in [3.8, 4) is 0 Å². The minimum atomic E-state index is -0.224. The number of pyridine rings is 1. The van der Waals surface area contributed by atoms with Gasteiger partial charge in [0.2, 0.25) is 0 Å². The number of hydrogen-bond acceptors (Lipinski definition) is 5. The summed E-state index contributed by atoms with van der Waals surface area (Å²) in [6, 6.07) is 14.5. The van der Waals surface area contributed by atoms with Crippen LogP contribution in [0.25, 0.3) is 5.65 Å². The standard InChI is InChI=1S/C22H21N5OS/c1-15-7-10-27-13-18(23-20(27)11-15)21(28)25-22-24-17-8-9-26(14-19(17)29-22)12-16-5-3-2-4-6-16/h2-7,10-11,13H,8-9,12,14H2,1H3,(H,24,25,28). The molecule has 7 heteroatoms. The van der Waals surface area contributed by atoms with Gasteiger partial charge >= 0.3 is 0 Å². The second-order valence-electron chi connectivity index (χ2n) is 7.38. The maximum Gasteiger partial charge on any atom is 0.277 e. The van der Waals surface area contributed by atoms with Crippen molar-refractivity contribution in [1.82, 2.24) is 19.3 Å². The molecule has 0 fully saturated rings. The van der Waals surface area contributed by atoms with Crippen molar-refractivity contribution in [3.05, 3.63) is 82.3 Å². The number of hydrogen-bond donors (Lipinski definition) is 1. The summed E-state index contributed by atoms with van der Waals surface area (Å²) in [5.41, 5.74) is 4.69. The third-order valence-corrected chi connectivity index (χ3v) is 6.13. The first-order valence-corrected chi connectivity index (χ1v) is 10.5. The quantitative estimate of drug-likeness (QED) is 0.561. The van der Waals surface area contributed by atoms with E-state index in [1.807, 2.05) is 35.7 Å². The van der Waals surface area contributed by atoms with E-state index in [1.54, 1.807) is 17.5 Å². The van der Waals surface area contributed by atoms with E-state index in [9.17, 15) is 4.79 Å². The number of aromatic nitrogens is 3. The lowest BCUT2D eigenvalue weighted by atomic mass is 10.1. The van der Waals surface area contributed by atoms with E-state index in [-0.39, 0.29) is 5.91 Å². The molecule has 6 nitrogen and oxygen atoms in total. The summed E-state index contributed by atoms with van der Waals surface area (Å²) < 4.78 is 1.86. The summed E-state index contributed by atoms with van der Waals surface area (Å²) in [5, 5.41) is 3.58. The van der Waals surface area contributed by atoms with E-state index in [4.69, 9.17) is 0 Å². The average molecular weight is 404 g/mol. The van der Waals surface area contributed by atoms with E-state index in [1.165, 1.54) is 10.4 Å². The fourth-order valence-corrected chi connectivity index (χ4v) is 4.68. The number of carbonyl (C=O) groups excluding carboxylic acids is 1. The maximum absolute atomic E-state index is 12.7. The van der Waals surface area contributed by atoms with Gasteiger partial charge in [-0.1, -0.05) is 30.3 Å². The minimum absolute atomic E-state index is 0.224. The molecule has 0 saturated carbocycles. The highest BCUT2D eigenvalue weighted by atomic mass is 32.1. The van der Waals surface area contributed by atoms with Crippen molar-refractivity contribution in [2.75, 3.05) is 11.9 Å². The van der Waals surface area contributed by atoms with Gasteiger partial charge < -0.3 is 4.40 Å². The van der Waals surface area contributed by atoms with Crippen LogP contribution in [0.1, 0.15) is 32.2 Å². The maximum atomic E-state index is 12.7. The number of rotatable bonds is 4. The Balaban J connectivity index is 1.29. The second kappa shape index (κ2) is 7.42. The van der Waals surface area contributed by atoms with Crippen LogP contribution >= 0.6 is 11.3 Å². The van der Waals surface area contributed by atoms with E-state index >= 15 is 0 Å². The molecule has 1 aliphatic heterocycles. The zero-order chi connectivity index (χ0) is 19.8. The summed E-state index contributed by atoms with van der Waals surface area (Å²) in [5.74, 6) is -0.224. The van der Waals surface area contributed by atoms with E-state index in [2.05, 4.69) is 44.5 Å². The first-order chi connectivity index (χ1) is 14.1. The lowest BCUT2D eigenvalue weighted by Gasteiger charge is -2.25. The van der Waals surface area contributed by atoms with Crippen LogP contribution in [0.3, 0.4) is 0 Å². The number of nitrogens with one attached hydrogen (secondary N) is 1. The molecule has 1 aliphatic rings. The van der Waals surface area contributed by atoms with Gasteiger partial charge in [0.1, 0.15) is 11.3 Å². The molecule has 1 amide bonds. The van der Waals surface area contributed by atoms with Crippen LogP contribution in [0.2, 0.25) is 0 Å². The topological polar surface area (TPSA) is 62.5 Å². The molecule has 3 aromatic heterocycles. The molecule has 146 valence electrons. The SMILES string of the molecule is Cc1ccn2cc(C(=O)Nc3nc4c(s3)CN(Cc3ccccc3)CC4)nc2c1. The van der Waals surface area contributed by atoms with E-state index < -0.39 is 0 Å². The van der Waals surface area contributed by atoms with Crippen LogP contribution in [0.5, 0.6) is 0 Å². The minimum Gasteiger partial charge on any atom is -0.306 e. The van der Waals surface area contributed by atoms with Gasteiger partial charge in [-0.25, -0.2) is 9.97 Å². The number of benzene rings is 1. The van der Waals surface area contributed by atoms with Gasteiger partial charge in [-0.15, -0.1) is 11.3 Å². The first-order valence-electron chi connectivity index (χ1n) is 9.65. The molecule has 5 rings (SSSR count). The molecule has 0 atom stereocenters. The Morgan fingerprint density at radius 2 is 2.07 bits per heavy atom. The molecule has 4 heterocycles. The smallest absolute Gasteiger partial charge is 0.277 e. The van der Waals surface area contributed by atoms with Gasteiger partial charge in [-0.2, -0.15) is 0 Å². The number of fused-ring (bicyclic) bond motifs is 2. The Kier molecular flexibility index (Phi) is 4.61. The Bertz CT molecular complexity index is 1180.